The summed E-state index contributed by atoms with van der Waals surface area (Å²) in [7, 11) is 0. The molecule has 8 heteroatoms. The van der Waals surface area contributed by atoms with Crippen molar-refractivity contribution in [3.05, 3.63) is 36.3 Å². The van der Waals surface area contributed by atoms with Gasteiger partial charge < -0.3 is 15.1 Å². The highest BCUT2D eigenvalue weighted by Gasteiger charge is 2.42. The largest absolute Gasteiger partial charge is 0.368 e. The first-order chi connectivity index (χ1) is 14.0. The van der Waals surface area contributed by atoms with E-state index in [4.69, 9.17) is 4.98 Å². The fourth-order valence-corrected chi connectivity index (χ4v) is 3.78. The lowest BCUT2D eigenvalue weighted by Gasteiger charge is -2.35. The molecule has 1 aliphatic heterocycles. The van der Waals surface area contributed by atoms with Crippen LogP contribution in [0.25, 0.3) is 11.0 Å². The molecule has 2 fully saturated rings. The molecule has 5 rings (SSSR count). The number of aromatic amines is 1. The van der Waals surface area contributed by atoms with E-state index in [9.17, 15) is 4.79 Å². The number of nitrogens with one attached hydrogen (secondary N) is 2. The lowest BCUT2D eigenvalue weighted by atomic mass is 10.1. The lowest BCUT2D eigenvalue weighted by molar-refractivity contribution is -0.129. The van der Waals surface area contributed by atoms with Gasteiger partial charge in [-0.1, -0.05) is 6.92 Å². The molecule has 1 amide bonds. The molecule has 0 atom stereocenters. The summed E-state index contributed by atoms with van der Waals surface area (Å²) in [6, 6.07) is 8.35. The third-order valence-corrected chi connectivity index (χ3v) is 6.06. The monoisotopic (exact) mass is 391 g/mol. The maximum absolute atomic E-state index is 11.5. The van der Waals surface area contributed by atoms with Crippen molar-refractivity contribution in [2.45, 2.75) is 32.1 Å². The minimum absolute atomic E-state index is 0.0910. The minimum atomic E-state index is 0.0910. The minimum Gasteiger partial charge on any atom is -0.368 e. The number of carbonyl (C=O) groups excluding carboxylic acids is 1. The van der Waals surface area contributed by atoms with Crippen LogP contribution < -0.4 is 10.2 Å². The third kappa shape index (κ3) is 3.39. The first-order valence-electron chi connectivity index (χ1n) is 10.1. The normalized spacial score (nSPS) is 18.1. The van der Waals surface area contributed by atoms with Crippen LogP contribution >= 0.6 is 0 Å². The number of piperazine rings is 1. The highest BCUT2D eigenvalue weighted by molar-refractivity contribution is 5.87. The molecule has 8 nitrogen and oxygen atoms in total. The van der Waals surface area contributed by atoms with Crippen molar-refractivity contribution < 1.29 is 4.79 Å². The number of carbonyl (C=O) groups is 1. The molecule has 150 valence electrons. The molecule has 2 aliphatic rings. The Labute approximate surface area is 169 Å². The third-order valence-electron chi connectivity index (χ3n) is 6.06. The second-order valence-corrected chi connectivity index (χ2v) is 8.25. The number of amides is 1. The van der Waals surface area contributed by atoms with E-state index in [0.717, 1.165) is 67.4 Å². The number of hydrogen-bond acceptors (Lipinski definition) is 6. The van der Waals surface area contributed by atoms with Gasteiger partial charge in [0.15, 0.2) is 5.82 Å². The number of hydrogen-bond donors (Lipinski definition) is 2. The predicted octanol–water partition coefficient (Wildman–Crippen LogP) is 2.82. The summed E-state index contributed by atoms with van der Waals surface area (Å²) in [5.41, 5.74) is 3.89. The maximum Gasteiger partial charge on any atom is 0.219 e. The van der Waals surface area contributed by atoms with Crippen LogP contribution in [0, 0.1) is 0 Å². The van der Waals surface area contributed by atoms with Gasteiger partial charge in [0.05, 0.1) is 6.20 Å². The molecule has 2 N–H and O–H groups in total. The van der Waals surface area contributed by atoms with E-state index < -0.39 is 0 Å². The van der Waals surface area contributed by atoms with Gasteiger partial charge in [-0.25, -0.2) is 9.97 Å². The van der Waals surface area contributed by atoms with Crippen LogP contribution in [0.4, 0.5) is 17.2 Å². The fourth-order valence-electron chi connectivity index (χ4n) is 3.78. The van der Waals surface area contributed by atoms with E-state index in [1.54, 1.807) is 13.1 Å². The summed E-state index contributed by atoms with van der Waals surface area (Å²) in [4.78, 5) is 25.2. The molecule has 1 saturated carbocycles. The van der Waals surface area contributed by atoms with Crippen LogP contribution in [0.5, 0.6) is 0 Å². The SMILES string of the molecule is CC(=O)N1CCN(c2ccc(Nc3nc(C4(C)CC4)nc4cn[nH]c34)cc2)CC1. The Morgan fingerprint density at radius 3 is 2.48 bits per heavy atom. The Morgan fingerprint density at radius 2 is 1.83 bits per heavy atom. The summed E-state index contributed by atoms with van der Waals surface area (Å²) in [6.45, 7) is 7.10. The van der Waals surface area contributed by atoms with Crippen LogP contribution in [0.2, 0.25) is 0 Å². The van der Waals surface area contributed by atoms with Gasteiger partial charge in [-0.15, -0.1) is 0 Å². The van der Waals surface area contributed by atoms with Gasteiger partial charge in [-0.2, -0.15) is 5.10 Å². The summed E-state index contributed by atoms with van der Waals surface area (Å²) in [5, 5.41) is 10.6. The summed E-state index contributed by atoms with van der Waals surface area (Å²) < 4.78 is 0. The molecule has 0 radical (unpaired) electrons. The van der Waals surface area contributed by atoms with Crippen LogP contribution in [0.15, 0.2) is 30.5 Å². The number of aromatic nitrogens is 4. The number of rotatable bonds is 4. The molecule has 2 aromatic heterocycles. The molecule has 3 heterocycles. The van der Waals surface area contributed by atoms with Crippen molar-refractivity contribution in [3.8, 4) is 0 Å². The quantitative estimate of drug-likeness (QED) is 0.711. The highest BCUT2D eigenvalue weighted by atomic mass is 16.2. The topological polar surface area (TPSA) is 90.0 Å². The second kappa shape index (κ2) is 6.72. The molecule has 0 unspecified atom stereocenters. The zero-order chi connectivity index (χ0) is 20.0. The van der Waals surface area contributed by atoms with Gasteiger partial charge in [-0.3, -0.25) is 9.89 Å². The summed E-state index contributed by atoms with van der Waals surface area (Å²) >= 11 is 0. The van der Waals surface area contributed by atoms with E-state index >= 15 is 0 Å². The number of fused-ring (bicyclic) bond motifs is 1. The molecular weight excluding hydrogens is 366 g/mol. The van der Waals surface area contributed by atoms with Crippen molar-refractivity contribution in [1.82, 2.24) is 25.1 Å². The van der Waals surface area contributed by atoms with Crippen molar-refractivity contribution in [1.29, 1.82) is 0 Å². The molecule has 0 spiro atoms. The molecule has 3 aromatic rings. The Kier molecular flexibility index (Phi) is 4.15. The Bertz CT molecular complexity index is 1050. The van der Waals surface area contributed by atoms with Gasteiger partial charge in [0, 0.05) is 49.9 Å². The van der Waals surface area contributed by atoms with Crippen molar-refractivity contribution in [2.24, 2.45) is 0 Å². The Morgan fingerprint density at radius 1 is 1.10 bits per heavy atom. The lowest BCUT2D eigenvalue weighted by Crippen LogP contribution is -2.48. The molecule has 0 bridgehead atoms. The van der Waals surface area contributed by atoms with E-state index in [2.05, 4.69) is 56.6 Å². The number of nitrogens with zero attached hydrogens (tertiary/aromatic N) is 5. The molecule has 29 heavy (non-hydrogen) atoms. The number of H-pyrrole nitrogens is 1. The van der Waals surface area contributed by atoms with Crippen LogP contribution in [0.3, 0.4) is 0 Å². The van der Waals surface area contributed by atoms with E-state index in [1.807, 2.05) is 4.90 Å². The molecule has 1 saturated heterocycles. The van der Waals surface area contributed by atoms with E-state index in [-0.39, 0.29) is 11.3 Å². The van der Waals surface area contributed by atoms with Crippen molar-refractivity contribution in [2.75, 3.05) is 36.4 Å². The predicted molar refractivity (Wildman–Crippen MR) is 112 cm³/mol. The number of benzene rings is 1. The van der Waals surface area contributed by atoms with Gasteiger partial charge in [0.25, 0.3) is 0 Å². The summed E-state index contributed by atoms with van der Waals surface area (Å²) in [5.74, 6) is 1.80. The highest BCUT2D eigenvalue weighted by Crippen LogP contribution is 2.46. The van der Waals surface area contributed by atoms with Crippen LogP contribution in [0.1, 0.15) is 32.5 Å². The smallest absolute Gasteiger partial charge is 0.219 e. The number of anilines is 3. The zero-order valence-electron chi connectivity index (χ0n) is 16.8. The Balaban J connectivity index is 1.34. The summed E-state index contributed by atoms with van der Waals surface area (Å²) in [6.07, 6.45) is 4.00. The van der Waals surface area contributed by atoms with Crippen molar-refractivity contribution in [3.63, 3.8) is 0 Å². The van der Waals surface area contributed by atoms with Gasteiger partial charge in [-0.05, 0) is 37.1 Å². The zero-order valence-corrected chi connectivity index (χ0v) is 16.8. The van der Waals surface area contributed by atoms with E-state index in [0.29, 0.717) is 0 Å². The first-order valence-corrected chi connectivity index (χ1v) is 10.1. The van der Waals surface area contributed by atoms with Gasteiger partial charge in [0.1, 0.15) is 16.9 Å². The molecule has 1 aliphatic carbocycles. The maximum atomic E-state index is 11.5. The average Bonchev–Trinajstić information content (AvgIpc) is 3.30. The Hall–Kier alpha value is -3.16. The first kappa shape index (κ1) is 17.9. The molecular formula is C21H25N7O. The van der Waals surface area contributed by atoms with Crippen LogP contribution in [-0.2, 0) is 10.2 Å². The van der Waals surface area contributed by atoms with Crippen molar-refractivity contribution >= 4 is 34.1 Å². The van der Waals surface area contributed by atoms with Gasteiger partial charge >= 0.3 is 0 Å². The molecule has 1 aromatic carbocycles. The van der Waals surface area contributed by atoms with E-state index in [1.165, 1.54) is 5.69 Å². The van der Waals surface area contributed by atoms with Crippen LogP contribution in [-0.4, -0.2) is 57.2 Å². The average molecular weight is 391 g/mol. The second-order valence-electron chi connectivity index (χ2n) is 8.25. The van der Waals surface area contributed by atoms with Gasteiger partial charge in [0.2, 0.25) is 5.91 Å². The fraction of sp³-hybridized carbons (Fsp3) is 0.429. The standard InChI is InChI=1S/C21H25N7O/c1-14(29)27-9-11-28(12-10-27)16-5-3-15(4-6-16)23-19-18-17(13-22-26-18)24-20(25-19)21(2)7-8-21/h3-6,13H,7-12H2,1-2H3,(H,22,26)(H,23,24,25).